The zero-order valence-corrected chi connectivity index (χ0v) is 15.4. The van der Waals surface area contributed by atoms with Crippen molar-refractivity contribution in [2.75, 3.05) is 13.7 Å². The minimum absolute atomic E-state index is 0.164. The number of carbonyl (C=O) groups excluding carboxylic acids is 2. The number of ether oxygens (including phenoxy) is 3. The molecule has 2 aromatic carbocycles. The lowest BCUT2D eigenvalue weighted by molar-refractivity contribution is -0.137. The Morgan fingerprint density at radius 1 is 1.22 bits per heavy atom. The van der Waals surface area contributed by atoms with Gasteiger partial charge in [-0.15, -0.1) is 0 Å². The van der Waals surface area contributed by atoms with Crippen LogP contribution in [0.15, 0.2) is 48.0 Å². The number of esters is 2. The molecule has 0 unspecified atom stereocenters. The first-order valence-corrected chi connectivity index (χ1v) is 8.20. The van der Waals surface area contributed by atoms with Crippen LogP contribution < -0.4 is 9.47 Å². The molecule has 27 heavy (non-hydrogen) atoms. The highest BCUT2D eigenvalue weighted by Gasteiger charge is 2.11. The molecule has 0 saturated heterocycles. The Morgan fingerprint density at radius 3 is 2.67 bits per heavy atom. The number of benzene rings is 2. The molecule has 2 aromatic rings. The Hall–Kier alpha value is -3.30. The van der Waals surface area contributed by atoms with Gasteiger partial charge in [-0.3, -0.25) is 0 Å². The monoisotopic (exact) mass is 385 g/mol. The summed E-state index contributed by atoms with van der Waals surface area (Å²) < 4.78 is 15.2. The van der Waals surface area contributed by atoms with Crippen molar-refractivity contribution in [3.63, 3.8) is 0 Å². The number of hydrogen-bond acceptors (Lipinski definition) is 6. The summed E-state index contributed by atoms with van der Waals surface area (Å²) in [5, 5.41) is 9.57. The van der Waals surface area contributed by atoms with E-state index in [-0.39, 0.29) is 17.9 Å². The largest absolute Gasteiger partial charge is 0.482 e. The van der Waals surface area contributed by atoms with Crippen LogP contribution in [-0.2, 0) is 14.3 Å². The second-order valence-electron chi connectivity index (χ2n) is 5.41. The molecule has 0 aromatic heterocycles. The highest BCUT2D eigenvalue weighted by atomic mass is 35.5. The Morgan fingerprint density at radius 2 is 2.00 bits per heavy atom. The number of carbonyl (C=O) groups is 2. The fourth-order valence-electron chi connectivity index (χ4n) is 2.15. The lowest BCUT2D eigenvalue weighted by Gasteiger charge is -2.09. The van der Waals surface area contributed by atoms with Crippen molar-refractivity contribution in [3.8, 4) is 17.6 Å². The molecule has 0 saturated carbocycles. The van der Waals surface area contributed by atoms with E-state index in [1.807, 2.05) is 6.92 Å². The second kappa shape index (κ2) is 9.41. The molecule has 0 bridgehead atoms. The molecular formula is C20H16ClNO5. The smallest absolute Gasteiger partial charge is 0.349 e. The van der Waals surface area contributed by atoms with Gasteiger partial charge in [-0.05, 0) is 54.5 Å². The van der Waals surface area contributed by atoms with Gasteiger partial charge in [-0.2, -0.15) is 5.26 Å². The fraction of sp³-hybridized carbons (Fsp3) is 0.150. The molecule has 0 heterocycles. The molecular weight excluding hydrogens is 370 g/mol. The van der Waals surface area contributed by atoms with Gasteiger partial charge in [-0.25, -0.2) is 9.59 Å². The standard InChI is InChI=1S/C20H16ClNO5/c1-13-8-16(21)6-7-18(13)26-12-19(23)27-17-5-3-4-14(10-17)9-15(11-22)20(24)25-2/h3-10H,12H2,1-2H3/b15-9+. The van der Waals surface area contributed by atoms with E-state index in [0.29, 0.717) is 16.3 Å². The van der Waals surface area contributed by atoms with Gasteiger partial charge in [0.15, 0.2) is 6.61 Å². The van der Waals surface area contributed by atoms with Crippen molar-refractivity contribution in [2.24, 2.45) is 0 Å². The van der Waals surface area contributed by atoms with E-state index >= 15 is 0 Å². The number of methoxy groups -OCH3 is 1. The molecule has 0 aliphatic rings. The topological polar surface area (TPSA) is 85.6 Å². The molecule has 0 amide bonds. The molecule has 0 aliphatic heterocycles. The summed E-state index contributed by atoms with van der Waals surface area (Å²) in [5.74, 6) is -0.553. The van der Waals surface area contributed by atoms with E-state index in [4.69, 9.17) is 26.3 Å². The molecule has 6 nitrogen and oxygen atoms in total. The quantitative estimate of drug-likeness (QED) is 0.326. The number of aryl methyl sites for hydroxylation is 1. The first kappa shape index (κ1) is 20.0. The van der Waals surface area contributed by atoms with E-state index in [1.165, 1.54) is 19.3 Å². The van der Waals surface area contributed by atoms with Crippen molar-refractivity contribution in [3.05, 3.63) is 64.2 Å². The third-order valence-corrected chi connectivity index (χ3v) is 3.64. The Balaban J connectivity index is 2.03. The van der Waals surface area contributed by atoms with Crippen LogP contribution in [0.4, 0.5) is 0 Å². The second-order valence-corrected chi connectivity index (χ2v) is 5.84. The molecule has 0 fully saturated rings. The van der Waals surface area contributed by atoms with Crippen molar-refractivity contribution >= 4 is 29.6 Å². The van der Waals surface area contributed by atoms with Crippen LogP contribution in [0.1, 0.15) is 11.1 Å². The SMILES string of the molecule is COC(=O)/C(C#N)=C/c1cccc(OC(=O)COc2ccc(Cl)cc2C)c1. The summed E-state index contributed by atoms with van der Waals surface area (Å²) in [6, 6.07) is 13.2. The van der Waals surface area contributed by atoms with E-state index < -0.39 is 11.9 Å². The maximum atomic E-state index is 12.0. The van der Waals surface area contributed by atoms with Crippen molar-refractivity contribution in [1.82, 2.24) is 0 Å². The summed E-state index contributed by atoms with van der Waals surface area (Å²) in [7, 11) is 1.19. The van der Waals surface area contributed by atoms with E-state index in [0.717, 1.165) is 5.56 Å². The van der Waals surface area contributed by atoms with Gasteiger partial charge in [0.25, 0.3) is 0 Å². The van der Waals surface area contributed by atoms with Gasteiger partial charge >= 0.3 is 11.9 Å². The summed E-state index contributed by atoms with van der Waals surface area (Å²) >= 11 is 5.88. The first-order chi connectivity index (χ1) is 12.9. The zero-order valence-electron chi connectivity index (χ0n) is 14.7. The van der Waals surface area contributed by atoms with Gasteiger partial charge in [0.2, 0.25) is 0 Å². The molecule has 0 atom stereocenters. The van der Waals surface area contributed by atoms with Gasteiger partial charge in [0, 0.05) is 5.02 Å². The number of nitriles is 1. The minimum atomic E-state index is -0.744. The molecule has 0 spiro atoms. The number of hydrogen-bond donors (Lipinski definition) is 0. The average Bonchev–Trinajstić information content (AvgIpc) is 2.65. The van der Waals surface area contributed by atoms with Gasteiger partial charge in [-0.1, -0.05) is 23.7 Å². The lowest BCUT2D eigenvalue weighted by Crippen LogP contribution is -2.18. The summed E-state index contributed by atoms with van der Waals surface area (Å²) in [5.41, 5.74) is 1.15. The molecule has 0 aliphatic carbocycles. The van der Waals surface area contributed by atoms with Crippen molar-refractivity contribution < 1.29 is 23.8 Å². The number of halogens is 1. The van der Waals surface area contributed by atoms with Crippen LogP contribution in [0.2, 0.25) is 5.02 Å². The number of nitrogens with zero attached hydrogens (tertiary/aromatic N) is 1. The normalized spacial score (nSPS) is 10.7. The van der Waals surface area contributed by atoms with Crippen LogP contribution >= 0.6 is 11.6 Å². The maximum Gasteiger partial charge on any atom is 0.349 e. The Bertz CT molecular complexity index is 930. The van der Waals surface area contributed by atoms with Crippen molar-refractivity contribution in [2.45, 2.75) is 6.92 Å². The first-order valence-electron chi connectivity index (χ1n) is 7.82. The third kappa shape index (κ3) is 5.87. The predicted octanol–water partition coefficient (Wildman–Crippen LogP) is 3.71. The average molecular weight is 386 g/mol. The highest BCUT2D eigenvalue weighted by molar-refractivity contribution is 6.30. The van der Waals surface area contributed by atoms with Crippen LogP contribution in [0, 0.1) is 18.3 Å². The van der Waals surface area contributed by atoms with Crippen LogP contribution in [0.25, 0.3) is 6.08 Å². The lowest BCUT2D eigenvalue weighted by atomic mass is 10.1. The third-order valence-electron chi connectivity index (χ3n) is 3.41. The molecule has 7 heteroatoms. The Kier molecular flexibility index (Phi) is 6.98. The Labute approximate surface area is 161 Å². The maximum absolute atomic E-state index is 12.0. The minimum Gasteiger partial charge on any atom is -0.482 e. The fourth-order valence-corrected chi connectivity index (χ4v) is 2.38. The zero-order chi connectivity index (χ0) is 19.8. The van der Waals surface area contributed by atoms with Crippen molar-refractivity contribution in [1.29, 1.82) is 5.26 Å². The van der Waals surface area contributed by atoms with Crippen LogP contribution in [0.3, 0.4) is 0 Å². The molecule has 2 rings (SSSR count). The number of rotatable bonds is 6. The summed E-state index contributed by atoms with van der Waals surface area (Å²) in [6.07, 6.45) is 1.34. The van der Waals surface area contributed by atoms with Gasteiger partial charge in [0.05, 0.1) is 7.11 Å². The summed E-state index contributed by atoms with van der Waals surface area (Å²) in [6.45, 7) is 1.53. The van der Waals surface area contributed by atoms with Gasteiger partial charge in [0.1, 0.15) is 23.1 Å². The van der Waals surface area contributed by atoms with E-state index in [2.05, 4.69) is 4.74 Å². The van der Waals surface area contributed by atoms with E-state index in [9.17, 15) is 9.59 Å². The molecule has 138 valence electrons. The van der Waals surface area contributed by atoms with E-state index in [1.54, 1.807) is 42.5 Å². The van der Waals surface area contributed by atoms with Crippen LogP contribution in [-0.4, -0.2) is 25.7 Å². The molecule has 0 N–H and O–H groups in total. The molecule has 0 radical (unpaired) electrons. The van der Waals surface area contributed by atoms with Crippen LogP contribution in [0.5, 0.6) is 11.5 Å². The predicted molar refractivity (Wildman–Crippen MR) is 99.4 cm³/mol. The highest BCUT2D eigenvalue weighted by Crippen LogP contribution is 2.22. The van der Waals surface area contributed by atoms with Gasteiger partial charge < -0.3 is 14.2 Å². The summed E-state index contributed by atoms with van der Waals surface area (Å²) in [4.78, 5) is 23.4.